The van der Waals surface area contributed by atoms with Gasteiger partial charge in [0.2, 0.25) is 0 Å². The zero-order valence-electron chi connectivity index (χ0n) is 15.0. The summed E-state index contributed by atoms with van der Waals surface area (Å²) in [7, 11) is -1.83. The number of anilines is 1. The highest BCUT2D eigenvalue weighted by molar-refractivity contribution is 7.86. The number of nitrogens with zero attached hydrogens (tertiary/aromatic N) is 2. The van der Waals surface area contributed by atoms with Crippen molar-refractivity contribution in [1.82, 2.24) is 9.21 Å². The van der Waals surface area contributed by atoms with Gasteiger partial charge in [0.05, 0.1) is 0 Å². The van der Waals surface area contributed by atoms with Crippen LogP contribution in [0.2, 0.25) is 0 Å². The van der Waals surface area contributed by atoms with Crippen molar-refractivity contribution >= 4 is 34.2 Å². The topological polar surface area (TPSA) is 95.7 Å². The van der Waals surface area contributed by atoms with E-state index in [2.05, 4.69) is 5.32 Å². The largest absolute Gasteiger partial charge is 0.388 e. The zero-order valence-corrected chi connectivity index (χ0v) is 16.6. The Morgan fingerprint density at radius 3 is 2.19 bits per heavy atom. The minimum Gasteiger partial charge on any atom is -0.388 e. The highest BCUT2D eigenvalue weighted by atomic mass is 35.5. The maximum Gasteiger partial charge on any atom is 0.277 e. The molecule has 1 aliphatic heterocycles. The molecule has 0 bridgehead atoms. The molecule has 0 atom stereocenters. The van der Waals surface area contributed by atoms with Gasteiger partial charge in [-0.25, -0.2) is 5.14 Å². The van der Waals surface area contributed by atoms with Crippen LogP contribution in [0.3, 0.4) is 0 Å². The van der Waals surface area contributed by atoms with Crippen LogP contribution in [-0.2, 0) is 10.2 Å². The first-order valence-corrected chi connectivity index (χ1v) is 9.84. The van der Waals surface area contributed by atoms with E-state index in [-0.39, 0.29) is 31.4 Å². The summed E-state index contributed by atoms with van der Waals surface area (Å²) in [6.45, 7) is 1.10. The van der Waals surface area contributed by atoms with E-state index in [9.17, 15) is 13.2 Å². The molecular weight excluding hydrogens is 388 g/mol. The number of benzene rings is 2. The molecule has 0 saturated carbocycles. The highest BCUT2D eigenvalue weighted by Gasteiger charge is 2.27. The molecule has 146 valence electrons. The Bertz CT molecular complexity index is 895. The molecule has 9 heteroatoms. The van der Waals surface area contributed by atoms with Gasteiger partial charge in [-0.3, -0.25) is 4.79 Å². The van der Waals surface area contributed by atoms with Crippen molar-refractivity contribution in [3.05, 3.63) is 54.1 Å². The summed E-state index contributed by atoms with van der Waals surface area (Å²) in [6.07, 6.45) is 0. The van der Waals surface area contributed by atoms with Gasteiger partial charge >= 0.3 is 0 Å². The van der Waals surface area contributed by atoms with Gasteiger partial charge in [0.1, 0.15) is 0 Å². The van der Waals surface area contributed by atoms with E-state index in [4.69, 9.17) is 5.14 Å². The number of rotatable bonds is 4. The fourth-order valence-electron chi connectivity index (χ4n) is 2.99. The van der Waals surface area contributed by atoms with Gasteiger partial charge in [0, 0.05) is 44.5 Å². The maximum atomic E-state index is 12.8. The summed E-state index contributed by atoms with van der Waals surface area (Å²) in [5.74, 6) is -0.104. The molecule has 1 aliphatic rings. The van der Waals surface area contributed by atoms with Gasteiger partial charge in [-0.15, -0.1) is 12.4 Å². The third-order valence-corrected chi connectivity index (χ3v) is 5.59. The molecule has 0 unspecified atom stereocenters. The predicted molar refractivity (Wildman–Crippen MR) is 109 cm³/mol. The lowest BCUT2D eigenvalue weighted by molar-refractivity contribution is 0.0698. The van der Waals surface area contributed by atoms with E-state index in [0.717, 1.165) is 16.8 Å². The number of halogens is 1. The lowest BCUT2D eigenvalue weighted by atomic mass is 10.0. The normalized spacial score (nSPS) is 15.1. The number of piperazine rings is 1. The molecule has 3 rings (SSSR count). The first-order valence-electron chi connectivity index (χ1n) is 8.34. The Morgan fingerprint density at radius 2 is 1.63 bits per heavy atom. The van der Waals surface area contributed by atoms with Crippen LogP contribution in [0.15, 0.2) is 48.5 Å². The van der Waals surface area contributed by atoms with Crippen molar-refractivity contribution in [1.29, 1.82) is 0 Å². The number of carbonyl (C=O) groups is 1. The van der Waals surface area contributed by atoms with Crippen LogP contribution < -0.4 is 10.5 Å². The molecule has 1 amide bonds. The molecule has 0 aromatic heterocycles. The van der Waals surface area contributed by atoms with Gasteiger partial charge < -0.3 is 10.2 Å². The Kier molecular flexibility index (Phi) is 6.83. The summed E-state index contributed by atoms with van der Waals surface area (Å²) < 4.78 is 23.9. The molecule has 7 nitrogen and oxygen atoms in total. The van der Waals surface area contributed by atoms with Crippen LogP contribution in [0.1, 0.15) is 10.4 Å². The van der Waals surface area contributed by atoms with E-state index >= 15 is 0 Å². The summed E-state index contributed by atoms with van der Waals surface area (Å²) in [6, 6.07) is 15.4. The third kappa shape index (κ3) is 4.98. The van der Waals surface area contributed by atoms with E-state index < -0.39 is 10.2 Å². The minimum absolute atomic E-state index is 0. The van der Waals surface area contributed by atoms with Crippen molar-refractivity contribution in [3.63, 3.8) is 0 Å². The Balaban J connectivity index is 0.00000261. The Hall–Kier alpha value is -2.13. The quantitative estimate of drug-likeness (QED) is 0.803. The monoisotopic (exact) mass is 410 g/mol. The van der Waals surface area contributed by atoms with E-state index in [0.29, 0.717) is 18.7 Å². The number of hydrogen-bond acceptors (Lipinski definition) is 4. The number of hydrogen-bond donors (Lipinski definition) is 2. The van der Waals surface area contributed by atoms with Crippen LogP contribution in [0.25, 0.3) is 11.1 Å². The lowest BCUT2D eigenvalue weighted by Crippen LogP contribution is -2.52. The SMILES string of the molecule is CNc1ccc(-c2cccc(C(=O)N3CCN(S(N)(=O)=O)CC3)c2)cc1.Cl. The molecule has 3 N–H and O–H groups in total. The molecule has 0 aliphatic carbocycles. The van der Waals surface area contributed by atoms with Crippen molar-refractivity contribution in [3.8, 4) is 11.1 Å². The molecule has 0 radical (unpaired) electrons. The van der Waals surface area contributed by atoms with Gasteiger partial charge in [-0.05, 0) is 35.4 Å². The Morgan fingerprint density at radius 1 is 1.00 bits per heavy atom. The predicted octanol–water partition coefficient (Wildman–Crippen LogP) is 1.78. The van der Waals surface area contributed by atoms with Gasteiger partial charge in [-0.2, -0.15) is 12.7 Å². The molecule has 1 heterocycles. The first kappa shape index (κ1) is 21.2. The van der Waals surface area contributed by atoms with E-state index in [1.807, 2.05) is 49.5 Å². The first-order chi connectivity index (χ1) is 12.4. The summed E-state index contributed by atoms with van der Waals surface area (Å²) in [4.78, 5) is 14.4. The molecule has 0 spiro atoms. The summed E-state index contributed by atoms with van der Waals surface area (Å²) in [5, 5.41) is 8.21. The molecule has 27 heavy (non-hydrogen) atoms. The number of nitrogens with two attached hydrogens (primary N) is 1. The van der Waals surface area contributed by atoms with Crippen molar-refractivity contribution in [2.45, 2.75) is 0 Å². The second kappa shape index (κ2) is 8.71. The molecule has 1 fully saturated rings. The van der Waals surface area contributed by atoms with Crippen LogP contribution >= 0.6 is 12.4 Å². The highest BCUT2D eigenvalue weighted by Crippen LogP contribution is 2.23. The third-order valence-electron chi connectivity index (χ3n) is 4.50. The maximum absolute atomic E-state index is 12.8. The van der Waals surface area contributed by atoms with E-state index in [1.165, 1.54) is 4.31 Å². The summed E-state index contributed by atoms with van der Waals surface area (Å²) in [5.41, 5.74) is 3.59. The second-order valence-electron chi connectivity index (χ2n) is 6.14. The van der Waals surface area contributed by atoms with Crippen molar-refractivity contribution in [2.24, 2.45) is 5.14 Å². The van der Waals surface area contributed by atoms with Gasteiger partial charge in [-0.1, -0.05) is 24.3 Å². The fourth-order valence-corrected chi connectivity index (χ4v) is 3.66. The van der Waals surface area contributed by atoms with Crippen molar-refractivity contribution in [2.75, 3.05) is 38.5 Å². The Labute approximate surface area is 165 Å². The van der Waals surface area contributed by atoms with Crippen LogP contribution in [0.4, 0.5) is 5.69 Å². The average molecular weight is 411 g/mol. The van der Waals surface area contributed by atoms with Crippen LogP contribution in [0.5, 0.6) is 0 Å². The van der Waals surface area contributed by atoms with E-state index in [1.54, 1.807) is 11.0 Å². The summed E-state index contributed by atoms with van der Waals surface area (Å²) >= 11 is 0. The second-order valence-corrected chi connectivity index (χ2v) is 7.69. The smallest absolute Gasteiger partial charge is 0.277 e. The molecule has 1 saturated heterocycles. The number of nitrogens with one attached hydrogen (secondary N) is 1. The van der Waals surface area contributed by atoms with Crippen LogP contribution in [0, 0.1) is 0 Å². The average Bonchev–Trinajstić information content (AvgIpc) is 2.67. The van der Waals surface area contributed by atoms with Gasteiger partial charge in [0.15, 0.2) is 0 Å². The fraction of sp³-hybridized carbons (Fsp3) is 0.278. The van der Waals surface area contributed by atoms with Crippen molar-refractivity contribution < 1.29 is 13.2 Å². The van der Waals surface area contributed by atoms with Crippen LogP contribution in [-0.4, -0.2) is 56.8 Å². The lowest BCUT2D eigenvalue weighted by Gasteiger charge is -2.33. The minimum atomic E-state index is -3.70. The molecular formula is C18H23ClN4O3S. The molecule has 2 aromatic rings. The zero-order chi connectivity index (χ0) is 18.7. The standard InChI is InChI=1S/C18H22N4O3S.ClH/c1-20-17-7-5-14(6-8-17)15-3-2-4-16(13-15)18(23)21-9-11-22(12-10-21)26(19,24)25;/h2-8,13,20H,9-12H2,1H3,(H2,19,24,25);1H. The number of carbonyl (C=O) groups excluding carboxylic acids is 1. The number of amides is 1. The van der Waals surface area contributed by atoms with Gasteiger partial charge in [0.25, 0.3) is 16.1 Å². The molecule has 2 aromatic carbocycles.